The second-order valence-corrected chi connectivity index (χ2v) is 4.99. The van der Waals surface area contributed by atoms with Gasteiger partial charge in [-0.15, -0.1) is 22.0 Å². The third kappa shape index (κ3) is 7.08. The molecule has 0 saturated carbocycles. The SMILES string of the molecule is FC(F)(F)OC(F)(F)OC(F)(F)C(F)(F)OC(F)(F)C(F)(F)CCI. The molecule has 0 unspecified atom stereocenters. The van der Waals surface area contributed by atoms with Gasteiger partial charge in [-0.2, -0.15) is 39.9 Å². The van der Waals surface area contributed by atoms with Crippen molar-refractivity contribution < 1.29 is 71.3 Å². The van der Waals surface area contributed by atoms with Crippen molar-refractivity contribution in [3.63, 3.8) is 0 Å². The Balaban J connectivity index is 5.41. The maximum Gasteiger partial charge on any atom is 0.529 e. The Labute approximate surface area is 142 Å². The molecule has 0 heterocycles. The van der Waals surface area contributed by atoms with Crippen LogP contribution in [0.3, 0.4) is 0 Å². The van der Waals surface area contributed by atoms with E-state index in [1.165, 1.54) is 0 Å². The Morgan fingerprint density at radius 1 is 0.560 bits per heavy atom. The average molecular weight is 522 g/mol. The molecule has 0 N–H and O–H groups in total. The zero-order valence-electron chi connectivity index (χ0n) is 10.9. The Kier molecular flexibility index (Phi) is 7.28. The molecule has 0 rings (SSSR count). The molecule has 0 aliphatic carbocycles. The normalized spacial score (nSPS) is 15.6. The molecule has 3 nitrogen and oxygen atoms in total. The summed E-state index contributed by atoms with van der Waals surface area (Å²) in [6, 6.07) is 0. The summed E-state index contributed by atoms with van der Waals surface area (Å²) >= 11 is 1.08. The van der Waals surface area contributed by atoms with Gasteiger partial charge in [-0.3, -0.25) is 0 Å². The van der Waals surface area contributed by atoms with Crippen LogP contribution in [-0.4, -0.2) is 41.3 Å². The number of rotatable bonds is 9. The van der Waals surface area contributed by atoms with Crippen LogP contribution in [0.25, 0.3) is 0 Å². The fourth-order valence-corrected chi connectivity index (χ4v) is 1.60. The van der Waals surface area contributed by atoms with E-state index in [4.69, 9.17) is 0 Å². The van der Waals surface area contributed by atoms with E-state index in [-0.39, 0.29) is 0 Å². The van der Waals surface area contributed by atoms with E-state index in [1.54, 1.807) is 9.47 Å². The Morgan fingerprint density at radius 2 is 0.960 bits per heavy atom. The number of hydrogen-bond donors (Lipinski definition) is 0. The van der Waals surface area contributed by atoms with E-state index in [9.17, 15) is 57.1 Å². The molecular formula is C8H4F13IO3. The van der Waals surface area contributed by atoms with Crippen LogP contribution in [0.1, 0.15) is 6.42 Å². The third-order valence-electron chi connectivity index (χ3n) is 1.91. The van der Waals surface area contributed by atoms with Gasteiger partial charge in [0.15, 0.2) is 0 Å². The van der Waals surface area contributed by atoms with E-state index >= 15 is 0 Å². The van der Waals surface area contributed by atoms with Crippen LogP contribution in [0, 0.1) is 0 Å². The summed E-state index contributed by atoms with van der Waals surface area (Å²) in [6.45, 7) is 0. The first-order valence-corrected chi connectivity index (χ1v) is 6.83. The zero-order valence-corrected chi connectivity index (χ0v) is 13.1. The second-order valence-electron chi connectivity index (χ2n) is 3.91. The monoisotopic (exact) mass is 522 g/mol. The highest BCUT2D eigenvalue weighted by atomic mass is 127. The molecule has 0 atom stereocenters. The topological polar surface area (TPSA) is 27.7 Å². The summed E-state index contributed by atoms with van der Waals surface area (Å²) in [5, 5.41) is 0. The van der Waals surface area contributed by atoms with E-state index in [0.717, 1.165) is 22.6 Å². The molecule has 0 radical (unpaired) electrons. The molecule has 0 fully saturated rings. The van der Waals surface area contributed by atoms with Crippen molar-refractivity contribution in [2.45, 2.75) is 43.3 Å². The minimum Gasteiger partial charge on any atom is -0.243 e. The molecule has 0 aromatic carbocycles. The predicted octanol–water partition coefficient (Wildman–Crippen LogP) is 5.35. The number of ether oxygens (including phenoxy) is 3. The van der Waals surface area contributed by atoms with Gasteiger partial charge in [-0.05, 0) is 0 Å². The fourth-order valence-electron chi connectivity index (χ4n) is 0.923. The van der Waals surface area contributed by atoms with Crippen LogP contribution in [-0.2, 0) is 14.2 Å². The van der Waals surface area contributed by atoms with Crippen LogP contribution in [0.15, 0.2) is 0 Å². The minimum absolute atomic E-state index is 0.792. The van der Waals surface area contributed by atoms with Gasteiger partial charge in [-0.25, -0.2) is 9.47 Å². The highest BCUT2D eigenvalue weighted by Crippen LogP contribution is 2.48. The van der Waals surface area contributed by atoms with Crippen LogP contribution >= 0.6 is 22.6 Å². The lowest BCUT2D eigenvalue weighted by atomic mass is 10.2. The van der Waals surface area contributed by atoms with Gasteiger partial charge >= 0.3 is 36.9 Å². The molecule has 0 aromatic rings. The van der Waals surface area contributed by atoms with Crippen molar-refractivity contribution in [3.8, 4) is 0 Å². The van der Waals surface area contributed by atoms with Gasteiger partial charge in [0.2, 0.25) is 0 Å². The lowest BCUT2D eigenvalue weighted by molar-refractivity contribution is -0.580. The van der Waals surface area contributed by atoms with Gasteiger partial charge in [0.05, 0.1) is 0 Å². The van der Waals surface area contributed by atoms with Crippen LogP contribution < -0.4 is 0 Å². The summed E-state index contributed by atoms with van der Waals surface area (Å²) in [5.74, 6) is -5.45. The largest absolute Gasteiger partial charge is 0.529 e. The lowest BCUT2D eigenvalue weighted by Crippen LogP contribution is -2.56. The summed E-state index contributed by atoms with van der Waals surface area (Å²) < 4.78 is 166. The quantitative estimate of drug-likeness (QED) is 0.177. The molecule has 17 heteroatoms. The molecule has 0 spiro atoms. The standard InChI is InChI=1S/C8H4F13IO3/c9-3(10,1-2-22)4(11,12)23-5(13,14)6(15,16)24-8(20,21)25-7(17,18)19/h1-2H2. The Morgan fingerprint density at radius 3 is 1.32 bits per heavy atom. The third-order valence-corrected chi connectivity index (χ3v) is 2.45. The van der Waals surface area contributed by atoms with Crippen molar-refractivity contribution in [2.24, 2.45) is 0 Å². The minimum atomic E-state index is -6.93. The van der Waals surface area contributed by atoms with Crippen molar-refractivity contribution >= 4 is 22.6 Å². The Hall–Kier alpha value is -0.300. The molecule has 152 valence electrons. The van der Waals surface area contributed by atoms with Crippen LogP contribution in [0.5, 0.6) is 0 Å². The van der Waals surface area contributed by atoms with Crippen molar-refractivity contribution in [1.82, 2.24) is 0 Å². The molecule has 0 aliphatic heterocycles. The fraction of sp³-hybridized carbons (Fsp3) is 1.00. The second kappa shape index (κ2) is 7.37. The summed E-state index contributed by atoms with van der Waals surface area (Å²) in [7, 11) is 0. The van der Waals surface area contributed by atoms with E-state index in [0.29, 0.717) is 0 Å². The first-order valence-electron chi connectivity index (χ1n) is 5.30. The molecule has 0 saturated heterocycles. The highest BCUT2D eigenvalue weighted by molar-refractivity contribution is 14.1. The van der Waals surface area contributed by atoms with Crippen LogP contribution in [0.4, 0.5) is 57.1 Å². The van der Waals surface area contributed by atoms with E-state index in [1.807, 2.05) is 4.74 Å². The lowest BCUT2D eigenvalue weighted by Gasteiger charge is -2.33. The molecule has 0 bridgehead atoms. The van der Waals surface area contributed by atoms with Gasteiger partial charge in [0.1, 0.15) is 0 Å². The zero-order chi connectivity index (χ0) is 20.5. The number of halogens is 14. The molecule has 0 aliphatic rings. The van der Waals surface area contributed by atoms with Gasteiger partial charge in [-0.1, -0.05) is 22.6 Å². The van der Waals surface area contributed by atoms with Crippen molar-refractivity contribution in [1.29, 1.82) is 0 Å². The van der Waals surface area contributed by atoms with E-state index < -0.39 is 47.8 Å². The maximum atomic E-state index is 12.9. The first kappa shape index (κ1) is 24.7. The van der Waals surface area contributed by atoms with Crippen molar-refractivity contribution in [3.05, 3.63) is 0 Å². The van der Waals surface area contributed by atoms with Gasteiger partial charge in [0.25, 0.3) is 0 Å². The summed E-state index contributed by atoms with van der Waals surface area (Å²) in [6.07, 6.45) is -34.8. The first-order chi connectivity index (χ1) is 10.7. The van der Waals surface area contributed by atoms with Crippen molar-refractivity contribution in [2.75, 3.05) is 4.43 Å². The molecule has 0 aromatic heterocycles. The van der Waals surface area contributed by atoms with Gasteiger partial charge < -0.3 is 0 Å². The summed E-state index contributed by atoms with van der Waals surface area (Å²) in [4.78, 5) is 0. The Bertz CT molecular complexity index is 449. The molecule has 0 amide bonds. The molecule has 25 heavy (non-hydrogen) atoms. The summed E-state index contributed by atoms with van der Waals surface area (Å²) in [5.41, 5.74) is 0. The molecular weight excluding hydrogens is 518 g/mol. The highest BCUT2D eigenvalue weighted by Gasteiger charge is 2.72. The van der Waals surface area contributed by atoms with Gasteiger partial charge in [0, 0.05) is 10.8 Å². The number of hydrogen-bond acceptors (Lipinski definition) is 3. The van der Waals surface area contributed by atoms with E-state index in [2.05, 4.69) is 0 Å². The number of alkyl halides is 14. The maximum absolute atomic E-state index is 12.9. The smallest absolute Gasteiger partial charge is 0.243 e. The van der Waals surface area contributed by atoms with Crippen LogP contribution in [0.2, 0.25) is 0 Å². The average Bonchev–Trinajstić information content (AvgIpc) is 2.20. The predicted molar refractivity (Wildman–Crippen MR) is 57.5 cm³/mol.